The molecule has 0 spiro atoms. The number of halogens is 1. The average molecular weight is 393 g/mol. The van der Waals surface area contributed by atoms with Gasteiger partial charge >= 0.3 is 0 Å². The van der Waals surface area contributed by atoms with Gasteiger partial charge < -0.3 is 15.0 Å². The molecule has 1 N–H and O–H groups in total. The van der Waals surface area contributed by atoms with Gasteiger partial charge in [0.15, 0.2) is 6.61 Å². The Kier molecular flexibility index (Phi) is 5.00. The third-order valence-electron chi connectivity index (χ3n) is 4.43. The molecule has 6 heteroatoms. The van der Waals surface area contributed by atoms with Crippen LogP contribution in [-0.4, -0.2) is 18.4 Å². The van der Waals surface area contributed by atoms with Crippen LogP contribution in [0.5, 0.6) is 5.75 Å². The summed E-state index contributed by atoms with van der Waals surface area (Å²) in [6, 6.07) is 21.6. The van der Waals surface area contributed by atoms with Crippen LogP contribution >= 0.6 is 11.6 Å². The molecule has 1 aliphatic rings. The van der Waals surface area contributed by atoms with Gasteiger partial charge in [-0.3, -0.25) is 9.59 Å². The van der Waals surface area contributed by atoms with E-state index in [0.29, 0.717) is 34.3 Å². The van der Waals surface area contributed by atoms with Crippen molar-refractivity contribution in [3.05, 3.63) is 88.9 Å². The highest BCUT2D eigenvalue weighted by Crippen LogP contribution is 2.35. The number of fused-ring (bicyclic) bond motifs is 1. The highest BCUT2D eigenvalue weighted by atomic mass is 35.5. The number of ether oxygens (including phenoxy) is 1. The molecule has 0 radical (unpaired) electrons. The maximum atomic E-state index is 12.5. The maximum Gasteiger partial charge on any atom is 0.265 e. The summed E-state index contributed by atoms with van der Waals surface area (Å²) in [6.07, 6.45) is 0. The molecule has 140 valence electrons. The molecule has 0 aliphatic carbocycles. The van der Waals surface area contributed by atoms with Crippen molar-refractivity contribution in [3.63, 3.8) is 0 Å². The second-order valence-electron chi connectivity index (χ2n) is 6.40. The van der Waals surface area contributed by atoms with Crippen LogP contribution in [-0.2, 0) is 11.3 Å². The zero-order valence-corrected chi connectivity index (χ0v) is 15.6. The van der Waals surface area contributed by atoms with E-state index in [-0.39, 0.29) is 18.4 Å². The summed E-state index contributed by atoms with van der Waals surface area (Å²) < 4.78 is 5.54. The SMILES string of the molecule is O=C(Nc1ccc2c(c1)N(Cc1cccc(Cl)c1)C(=O)CO2)c1ccccc1. The largest absolute Gasteiger partial charge is 0.482 e. The Morgan fingerprint density at radius 3 is 2.64 bits per heavy atom. The van der Waals surface area contributed by atoms with E-state index in [1.165, 1.54) is 0 Å². The molecule has 4 rings (SSSR count). The molecule has 1 heterocycles. The minimum Gasteiger partial charge on any atom is -0.482 e. The molecule has 5 nitrogen and oxygen atoms in total. The van der Waals surface area contributed by atoms with Gasteiger partial charge in [-0.05, 0) is 48.0 Å². The van der Waals surface area contributed by atoms with Crippen LogP contribution in [0, 0.1) is 0 Å². The van der Waals surface area contributed by atoms with Crippen LogP contribution in [0.1, 0.15) is 15.9 Å². The quantitative estimate of drug-likeness (QED) is 0.710. The number of amides is 2. The van der Waals surface area contributed by atoms with Crippen molar-refractivity contribution in [1.82, 2.24) is 0 Å². The van der Waals surface area contributed by atoms with Crippen LogP contribution in [0.2, 0.25) is 5.02 Å². The lowest BCUT2D eigenvalue weighted by atomic mass is 10.1. The zero-order valence-electron chi connectivity index (χ0n) is 14.9. The first-order valence-corrected chi connectivity index (χ1v) is 9.16. The van der Waals surface area contributed by atoms with Crippen LogP contribution in [0.3, 0.4) is 0 Å². The zero-order chi connectivity index (χ0) is 19.5. The lowest BCUT2D eigenvalue weighted by Crippen LogP contribution is -2.38. The molecule has 0 aromatic heterocycles. The molecule has 0 unspecified atom stereocenters. The Hall–Kier alpha value is -3.31. The first kappa shape index (κ1) is 18.1. The molecule has 0 atom stereocenters. The smallest absolute Gasteiger partial charge is 0.265 e. The summed E-state index contributed by atoms with van der Waals surface area (Å²) in [7, 11) is 0. The van der Waals surface area contributed by atoms with Gasteiger partial charge in [0, 0.05) is 16.3 Å². The number of hydrogen-bond donors (Lipinski definition) is 1. The number of anilines is 2. The second-order valence-corrected chi connectivity index (χ2v) is 6.84. The molecule has 2 amide bonds. The van der Waals surface area contributed by atoms with E-state index >= 15 is 0 Å². The second kappa shape index (κ2) is 7.74. The van der Waals surface area contributed by atoms with Crippen molar-refractivity contribution < 1.29 is 14.3 Å². The molecular formula is C22H17ClN2O3. The number of rotatable bonds is 4. The minimum absolute atomic E-state index is 0.0245. The van der Waals surface area contributed by atoms with Crippen molar-refractivity contribution in [2.45, 2.75) is 6.54 Å². The van der Waals surface area contributed by atoms with E-state index < -0.39 is 0 Å². The fourth-order valence-electron chi connectivity index (χ4n) is 3.06. The Balaban J connectivity index is 1.61. The molecule has 0 fully saturated rings. The number of carbonyl (C=O) groups is 2. The van der Waals surface area contributed by atoms with Gasteiger partial charge in [0.25, 0.3) is 11.8 Å². The summed E-state index contributed by atoms with van der Waals surface area (Å²) in [4.78, 5) is 26.5. The highest BCUT2D eigenvalue weighted by molar-refractivity contribution is 6.30. The number of hydrogen-bond acceptors (Lipinski definition) is 3. The molecule has 1 aliphatic heterocycles. The van der Waals surface area contributed by atoms with Crippen LogP contribution in [0.4, 0.5) is 11.4 Å². The Morgan fingerprint density at radius 1 is 1.04 bits per heavy atom. The van der Waals surface area contributed by atoms with E-state index in [1.54, 1.807) is 53.4 Å². The predicted octanol–water partition coefficient (Wildman–Crippen LogP) is 4.52. The molecule has 3 aromatic carbocycles. The first-order chi connectivity index (χ1) is 13.6. The van der Waals surface area contributed by atoms with E-state index in [1.807, 2.05) is 24.3 Å². The minimum atomic E-state index is -0.218. The van der Waals surface area contributed by atoms with Crippen molar-refractivity contribution in [2.75, 3.05) is 16.8 Å². The third kappa shape index (κ3) is 3.85. The Labute approximate surface area is 167 Å². The van der Waals surface area contributed by atoms with Gasteiger partial charge in [0.1, 0.15) is 5.75 Å². The summed E-state index contributed by atoms with van der Waals surface area (Å²) in [6.45, 7) is 0.342. The molecule has 0 saturated heterocycles. The van der Waals surface area contributed by atoms with Gasteiger partial charge in [0.05, 0.1) is 12.2 Å². The van der Waals surface area contributed by atoms with Crippen LogP contribution in [0.25, 0.3) is 0 Å². The standard InChI is InChI=1S/C22H17ClN2O3/c23-17-8-4-5-15(11-17)13-25-19-12-18(9-10-20(19)28-14-21(25)26)24-22(27)16-6-2-1-3-7-16/h1-12H,13-14H2,(H,24,27). The van der Waals surface area contributed by atoms with E-state index in [2.05, 4.69) is 5.32 Å². The van der Waals surface area contributed by atoms with Gasteiger partial charge in [-0.1, -0.05) is 41.9 Å². The molecule has 3 aromatic rings. The Morgan fingerprint density at radius 2 is 1.86 bits per heavy atom. The summed E-state index contributed by atoms with van der Waals surface area (Å²) in [5, 5.41) is 3.48. The average Bonchev–Trinajstić information content (AvgIpc) is 2.71. The van der Waals surface area contributed by atoms with Crippen LogP contribution < -0.4 is 15.0 Å². The number of nitrogens with one attached hydrogen (secondary N) is 1. The van der Waals surface area contributed by atoms with E-state index in [0.717, 1.165) is 5.56 Å². The number of nitrogens with zero attached hydrogens (tertiary/aromatic N) is 1. The normalized spacial score (nSPS) is 12.9. The van der Waals surface area contributed by atoms with Crippen molar-refractivity contribution in [2.24, 2.45) is 0 Å². The summed E-state index contributed by atoms with van der Waals surface area (Å²) in [5.41, 5.74) is 2.67. The van der Waals surface area contributed by atoms with Gasteiger partial charge in [-0.15, -0.1) is 0 Å². The lowest BCUT2D eigenvalue weighted by Gasteiger charge is -2.30. The number of carbonyl (C=O) groups excluding carboxylic acids is 2. The highest BCUT2D eigenvalue weighted by Gasteiger charge is 2.26. The molecule has 0 bridgehead atoms. The molecule has 28 heavy (non-hydrogen) atoms. The fourth-order valence-corrected chi connectivity index (χ4v) is 3.28. The molecular weight excluding hydrogens is 376 g/mol. The summed E-state index contributed by atoms with van der Waals surface area (Å²) in [5.74, 6) is 0.225. The third-order valence-corrected chi connectivity index (χ3v) is 4.66. The lowest BCUT2D eigenvalue weighted by molar-refractivity contribution is -0.121. The van der Waals surface area contributed by atoms with Crippen molar-refractivity contribution >= 4 is 34.8 Å². The van der Waals surface area contributed by atoms with E-state index in [4.69, 9.17) is 16.3 Å². The molecule has 0 saturated carbocycles. The van der Waals surface area contributed by atoms with Gasteiger partial charge in [-0.2, -0.15) is 0 Å². The topological polar surface area (TPSA) is 58.6 Å². The summed E-state index contributed by atoms with van der Waals surface area (Å²) >= 11 is 6.06. The number of benzene rings is 3. The van der Waals surface area contributed by atoms with Gasteiger partial charge in [0.2, 0.25) is 0 Å². The van der Waals surface area contributed by atoms with Gasteiger partial charge in [-0.25, -0.2) is 0 Å². The maximum absolute atomic E-state index is 12.5. The first-order valence-electron chi connectivity index (χ1n) is 8.78. The van der Waals surface area contributed by atoms with Crippen molar-refractivity contribution in [1.29, 1.82) is 0 Å². The fraction of sp³-hybridized carbons (Fsp3) is 0.0909. The Bertz CT molecular complexity index is 1040. The van der Waals surface area contributed by atoms with E-state index in [9.17, 15) is 9.59 Å². The van der Waals surface area contributed by atoms with Crippen LogP contribution in [0.15, 0.2) is 72.8 Å². The predicted molar refractivity (Wildman–Crippen MR) is 109 cm³/mol. The monoisotopic (exact) mass is 392 g/mol. The van der Waals surface area contributed by atoms with Crippen molar-refractivity contribution in [3.8, 4) is 5.75 Å².